The van der Waals surface area contributed by atoms with Crippen LogP contribution in [0, 0.1) is 5.82 Å². The molecule has 0 bridgehead atoms. The van der Waals surface area contributed by atoms with Crippen molar-refractivity contribution in [2.45, 2.75) is 13.0 Å². The second kappa shape index (κ2) is 4.76. The predicted octanol–water partition coefficient (Wildman–Crippen LogP) is 3.61. The van der Waals surface area contributed by atoms with Gasteiger partial charge >= 0.3 is 0 Å². The number of anilines is 1. The molecule has 1 aromatic heterocycles. The molecule has 0 saturated heterocycles. The largest absolute Gasteiger partial charge is 0.399 e. The molecule has 0 saturated carbocycles. The summed E-state index contributed by atoms with van der Waals surface area (Å²) in [6.07, 6.45) is 2.93. The molecule has 3 aromatic rings. The lowest BCUT2D eigenvalue weighted by molar-refractivity contribution is 0.629. The number of halogens is 1. The Morgan fingerprint density at radius 2 is 1.79 bits per heavy atom. The highest BCUT2D eigenvalue weighted by Gasteiger charge is 2.02. The molecule has 2 N–H and O–H groups in total. The fraction of sp³-hybridized carbons (Fsp3) is 0.125. The Labute approximate surface area is 111 Å². The quantitative estimate of drug-likeness (QED) is 0.711. The second-order valence-electron chi connectivity index (χ2n) is 4.70. The number of hydrogen-bond donors (Lipinski definition) is 1. The van der Waals surface area contributed by atoms with E-state index in [0.29, 0.717) is 0 Å². The lowest BCUT2D eigenvalue weighted by Gasteiger charge is -2.06. The van der Waals surface area contributed by atoms with Crippen molar-refractivity contribution in [3.63, 3.8) is 0 Å². The summed E-state index contributed by atoms with van der Waals surface area (Å²) in [5.74, 6) is -0.191. The number of aryl methyl sites for hydroxylation is 2. The number of nitrogen functional groups attached to an aromatic ring is 1. The highest BCUT2D eigenvalue weighted by Crippen LogP contribution is 2.18. The lowest BCUT2D eigenvalue weighted by atomic mass is 10.1. The van der Waals surface area contributed by atoms with Crippen LogP contribution in [0.4, 0.5) is 10.1 Å². The molecule has 1 heterocycles. The molecule has 0 aliphatic rings. The van der Waals surface area contributed by atoms with Gasteiger partial charge in [0, 0.05) is 29.3 Å². The number of benzene rings is 2. The summed E-state index contributed by atoms with van der Waals surface area (Å²) in [4.78, 5) is 0. The van der Waals surface area contributed by atoms with Gasteiger partial charge in [-0.25, -0.2) is 4.39 Å². The van der Waals surface area contributed by atoms with E-state index in [4.69, 9.17) is 5.73 Å². The molecule has 0 aliphatic heterocycles. The molecule has 0 radical (unpaired) electrons. The highest BCUT2D eigenvalue weighted by atomic mass is 19.1. The van der Waals surface area contributed by atoms with Crippen LogP contribution >= 0.6 is 0 Å². The first kappa shape index (κ1) is 11.8. The van der Waals surface area contributed by atoms with Crippen LogP contribution in [0.5, 0.6) is 0 Å². The minimum Gasteiger partial charge on any atom is -0.399 e. The van der Waals surface area contributed by atoms with E-state index in [2.05, 4.69) is 4.57 Å². The number of rotatable bonds is 3. The Hall–Kier alpha value is -2.29. The number of aromatic nitrogens is 1. The van der Waals surface area contributed by atoms with Gasteiger partial charge in [-0.05, 0) is 48.4 Å². The fourth-order valence-electron chi connectivity index (χ4n) is 2.30. The van der Waals surface area contributed by atoms with Crippen LogP contribution in [-0.4, -0.2) is 4.57 Å². The van der Waals surface area contributed by atoms with Gasteiger partial charge in [-0.15, -0.1) is 0 Å². The van der Waals surface area contributed by atoms with Crippen LogP contribution in [0.1, 0.15) is 5.56 Å². The molecule has 0 aliphatic carbocycles. The highest BCUT2D eigenvalue weighted by molar-refractivity contribution is 5.80. The monoisotopic (exact) mass is 254 g/mol. The Morgan fingerprint density at radius 3 is 2.58 bits per heavy atom. The Bertz CT molecular complexity index is 698. The molecule has 2 aromatic carbocycles. The smallest absolute Gasteiger partial charge is 0.123 e. The Balaban J connectivity index is 1.80. The SMILES string of the molecule is Nc1ccc(CCn2ccc3cc(F)ccc32)cc1. The van der Waals surface area contributed by atoms with Crippen molar-refractivity contribution in [1.29, 1.82) is 0 Å². The third-order valence-electron chi connectivity index (χ3n) is 3.35. The van der Waals surface area contributed by atoms with Crippen LogP contribution in [-0.2, 0) is 13.0 Å². The zero-order valence-electron chi connectivity index (χ0n) is 10.5. The van der Waals surface area contributed by atoms with Crippen LogP contribution < -0.4 is 5.73 Å². The molecular formula is C16H15FN2. The van der Waals surface area contributed by atoms with Gasteiger partial charge in [-0.1, -0.05) is 12.1 Å². The normalized spacial score (nSPS) is 11.0. The average molecular weight is 254 g/mol. The predicted molar refractivity (Wildman–Crippen MR) is 76.5 cm³/mol. The van der Waals surface area contributed by atoms with Crippen LogP contribution in [0.3, 0.4) is 0 Å². The molecule has 0 atom stereocenters. The number of nitrogens with zero attached hydrogens (tertiary/aromatic N) is 1. The summed E-state index contributed by atoms with van der Waals surface area (Å²) in [5, 5.41) is 0.942. The first-order valence-electron chi connectivity index (χ1n) is 6.31. The molecule has 0 unspecified atom stereocenters. The van der Waals surface area contributed by atoms with Gasteiger partial charge in [-0.2, -0.15) is 0 Å². The summed E-state index contributed by atoms with van der Waals surface area (Å²) >= 11 is 0. The van der Waals surface area contributed by atoms with Crippen molar-refractivity contribution in [3.05, 3.63) is 66.1 Å². The topological polar surface area (TPSA) is 30.9 Å². The Morgan fingerprint density at radius 1 is 1.00 bits per heavy atom. The summed E-state index contributed by atoms with van der Waals surface area (Å²) in [6, 6.07) is 14.8. The van der Waals surface area contributed by atoms with E-state index < -0.39 is 0 Å². The Kier molecular flexibility index (Phi) is 2.95. The number of hydrogen-bond acceptors (Lipinski definition) is 1. The van der Waals surface area contributed by atoms with Crippen molar-refractivity contribution in [1.82, 2.24) is 4.57 Å². The van der Waals surface area contributed by atoms with E-state index in [1.54, 1.807) is 6.07 Å². The van der Waals surface area contributed by atoms with E-state index in [1.165, 1.54) is 11.6 Å². The first-order valence-corrected chi connectivity index (χ1v) is 6.31. The summed E-state index contributed by atoms with van der Waals surface area (Å²) in [5.41, 5.74) is 8.76. The third-order valence-corrected chi connectivity index (χ3v) is 3.35. The average Bonchev–Trinajstić information content (AvgIpc) is 2.80. The molecule has 0 spiro atoms. The number of fused-ring (bicyclic) bond motifs is 1. The van der Waals surface area contributed by atoms with Crippen LogP contribution in [0.2, 0.25) is 0 Å². The molecule has 3 heteroatoms. The van der Waals surface area contributed by atoms with Gasteiger partial charge in [0.2, 0.25) is 0 Å². The van der Waals surface area contributed by atoms with Crippen molar-refractivity contribution in [2.75, 3.05) is 5.73 Å². The molecular weight excluding hydrogens is 239 g/mol. The van der Waals surface area contributed by atoms with E-state index in [1.807, 2.05) is 42.6 Å². The minimum atomic E-state index is -0.191. The van der Waals surface area contributed by atoms with Gasteiger partial charge in [0.15, 0.2) is 0 Å². The van der Waals surface area contributed by atoms with Gasteiger partial charge in [0.25, 0.3) is 0 Å². The maximum absolute atomic E-state index is 13.1. The summed E-state index contributed by atoms with van der Waals surface area (Å²) in [7, 11) is 0. The zero-order valence-corrected chi connectivity index (χ0v) is 10.5. The summed E-state index contributed by atoms with van der Waals surface area (Å²) < 4.78 is 15.3. The molecule has 2 nitrogen and oxygen atoms in total. The van der Waals surface area contributed by atoms with Gasteiger partial charge in [0.1, 0.15) is 5.82 Å². The molecule has 0 amide bonds. The van der Waals surface area contributed by atoms with Crippen LogP contribution in [0.15, 0.2) is 54.7 Å². The maximum Gasteiger partial charge on any atom is 0.123 e. The molecule has 3 rings (SSSR count). The van der Waals surface area contributed by atoms with Crippen molar-refractivity contribution in [2.24, 2.45) is 0 Å². The van der Waals surface area contributed by atoms with Crippen molar-refractivity contribution in [3.8, 4) is 0 Å². The van der Waals surface area contributed by atoms with Crippen molar-refractivity contribution >= 4 is 16.6 Å². The standard InChI is InChI=1S/C16H15FN2/c17-14-3-6-16-13(11-14)8-10-19(16)9-7-12-1-4-15(18)5-2-12/h1-6,8,10-11H,7,9,18H2. The zero-order chi connectivity index (χ0) is 13.2. The van der Waals surface area contributed by atoms with E-state index in [-0.39, 0.29) is 5.82 Å². The maximum atomic E-state index is 13.1. The van der Waals surface area contributed by atoms with E-state index in [9.17, 15) is 4.39 Å². The van der Waals surface area contributed by atoms with Gasteiger partial charge in [0.05, 0.1) is 0 Å². The first-order chi connectivity index (χ1) is 9.22. The van der Waals surface area contributed by atoms with Gasteiger partial charge in [-0.3, -0.25) is 0 Å². The van der Waals surface area contributed by atoms with Crippen molar-refractivity contribution < 1.29 is 4.39 Å². The number of nitrogens with two attached hydrogens (primary N) is 1. The van der Waals surface area contributed by atoms with E-state index >= 15 is 0 Å². The molecule has 19 heavy (non-hydrogen) atoms. The lowest BCUT2D eigenvalue weighted by Crippen LogP contribution is -1.99. The summed E-state index contributed by atoms with van der Waals surface area (Å²) in [6.45, 7) is 0.874. The minimum absolute atomic E-state index is 0.191. The third kappa shape index (κ3) is 2.45. The second-order valence-corrected chi connectivity index (χ2v) is 4.70. The molecule has 96 valence electrons. The fourth-order valence-corrected chi connectivity index (χ4v) is 2.30. The van der Waals surface area contributed by atoms with Crippen LogP contribution in [0.25, 0.3) is 10.9 Å². The van der Waals surface area contributed by atoms with E-state index in [0.717, 1.165) is 29.6 Å². The molecule has 0 fully saturated rings. The van der Waals surface area contributed by atoms with Gasteiger partial charge < -0.3 is 10.3 Å².